The highest BCUT2D eigenvalue weighted by molar-refractivity contribution is 6.59. The van der Waals surface area contributed by atoms with Crippen LogP contribution in [0.4, 0.5) is 0 Å². The van der Waals surface area contributed by atoms with Crippen LogP contribution in [0.5, 0.6) is 0 Å². The minimum absolute atomic E-state index is 0.241. The maximum atomic E-state index is 8.85. The molecule has 0 aliphatic carbocycles. The lowest BCUT2D eigenvalue weighted by atomic mass is 9.77. The quantitative estimate of drug-likeness (QED) is 0.546. The molecule has 0 aliphatic rings. The Labute approximate surface area is 75.4 Å². The van der Waals surface area contributed by atoms with Gasteiger partial charge in [-0.1, -0.05) is 23.7 Å². The summed E-state index contributed by atoms with van der Waals surface area (Å²) in [4.78, 5) is 0. The van der Waals surface area contributed by atoms with Gasteiger partial charge in [0.25, 0.3) is 0 Å². The molecule has 0 aliphatic heterocycles. The van der Waals surface area contributed by atoms with Crippen LogP contribution >= 0.6 is 11.6 Å². The highest BCUT2D eigenvalue weighted by atomic mass is 35.5. The van der Waals surface area contributed by atoms with Gasteiger partial charge in [-0.2, -0.15) is 0 Å². The molecule has 0 saturated heterocycles. The van der Waals surface area contributed by atoms with Crippen LogP contribution in [0.25, 0.3) is 0 Å². The minimum Gasteiger partial charge on any atom is -0.423 e. The maximum Gasteiger partial charge on any atom is 0.488 e. The number of halogens is 1. The molecule has 0 fully saturated rings. The second-order valence-electron chi connectivity index (χ2n) is 2.34. The van der Waals surface area contributed by atoms with Crippen molar-refractivity contribution in [2.24, 2.45) is 0 Å². The van der Waals surface area contributed by atoms with E-state index in [2.05, 4.69) is 0 Å². The van der Waals surface area contributed by atoms with Gasteiger partial charge in [0, 0.05) is 5.02 Å². The topological polar surface area (TPSA) is 60.7 Å². The normalized spacial score (nSPS) is 10.0. The van der Waals surface area contributed by atoms with Crippen LogP contribution in [0.3, 0.4) is 0 Å². The van der Waals surface area contributed by atoms with Gasteiger partial charge >= 0.3 is 7.12 Å². The third-order valence-corrected chi connectivity index (χ3v) is 1.95. The first-order valence-corrected chi connectivity index (χ1v) is 3.79. The van der Waals surface area contributed by atoms with E-state index in [-0.39, 0.29) is 12.1 Å². The Morgan fingerprint density at radius 3 is 2.42 bits per heavy atom. The molecule has 0 radical (unpaired) electrons. The summed E-state index contributed by atoms with van der Waals surface area (Å²) in [6, 6.07) is 4.68. The van der Waals surface area contributed by atoms with Crippen LogP contribution < -0.4 is 5.46 Å². The number of aliphatic hydroxyl groups is 1. The first-order chi connectivity index (χ1) is 5.66. The lowest BCUT2D eigenvalue weighted by molar-refractivity contribution is 0.282. The predicted molar refractivity (Wildman–Crippen MR) is 47.2 cm³/mol. The molecule has 64 valence electrons. The largest absolute Gasteiger partial charge is 0.488 e. The number of benzene rings is 1. The Morgan fingerprint density at radius 1 is 1.33 bits per heavy atom. The molecule has 3 nitrogen and oxygen atoms in total. The summed E-state index contributed by atoms with van der Waals surface area (Å²) in [5.74, 6) is 0. The van der Waals surface area contributed by atoms with E-state index in [1.165, 1.54) is 6.07 Å². The molecular weight excluding hydrogens is 178 g/mol. The van der Waals surface area contributed by atoms with Crippen molar-refractivity contribution >= 4 is 24.2 Å². The number of hydrogen-bond acceptors (Lipinski definition) is 3. The molecule has 0 atom stereocenters. The summed E-state index contributed by atoms with van der Waals surface area (Å²) in [5, 5.41) is 26.9. The number of hydrogen-bond donors (Lipinski definition) is 3. The summed E-state index contributed by atoms with van der Waals surface area (Å²) < 4.78 is 0. The third-order valence-electron chi connectivity index (χ3n) is 1.59. The number of aliphatic hydroxyl groups excluding tert-OH is 1. The summed E-state index contributed by atoms with van der Waals surface area (Å²) in [6.45, 7) is -0.299. The SMILES string of the molecule is OCc1c(Cl)cccc1B(O)O. The molecule has 0 unspecified atom stereocenters. The van der Waals surface area contributed by atoms with Crippen molar-refractivity contribution in [3.63, 3.8) is 0 Å². The summed E-state index contributed by atoms with van der Waals surface area (Å²) >= 11 is 5.69. The first kappa shape index (κ1) is 9.54. The van der Waals surface area contributed by atoms with Crippen molar-refractivity contribution in [2.75, 3.05) is 0 Å². The second kappa shape index (κ2) is 3.91. The molecule has 1 rings (SSSR count). The molecule has 1 aromatic carbocycles. The van der Waals surface area contributed by atoms with Crippen molar-refractivity contribution < 1.29 is 15.2 Å². The average molecular weight is 186 g/mol. The lowest BCUT2D eigenvalue weighted by Crippen LogP contribution is -2.33. The van der Waals surface area contributed by atoms with Crippen molar-refractivity contribution in [3.05, 3.63) is 28.8 Å². The highest BCUT2D eigenvalue weighted by Gasteiger charge is 2.16. The summed E-state index contributed by atoms with van der Waals surface area (Å²) in [7, 11) is -1.59. The van der Waals surface area contributed by atoms with Gasteiger partial charge in [-0.15, -0.1) is 0 Å². The zero-order chi connectivity index (χ0) is 9.14. The smallest absolute Gasteiger partial charge is 0.423 e. The Kier molecular flexibility index (Phi) is 3.11. The van der Waals surface area contributed by atoms with E-state index in [4.69, 9.17) is 26.8 Å². The van der Waals surface area contributed by atoms with E-state index in [0.717, 1.165) is 0 Å². The fourth-order valence-electron chi connectivity index (χ4n) is 0.984. The van der Waals surface area contributed by atoms with Crippen LogP contribution in [0.2, 0.25) is 5.02 Å². The number of rotatable bonds is 2. The van der Waals surface area contributed by atoms with Crippen molar-refractivity contribution in [1.82, 2.24) is 0 Å². The Hall–Kier alpha value is -0.545. The molecule has 0 saturated carbocycles. The molecule has 12 heavy (non-hydrogen) atoms. The monoisotopic (exact) mass is 186 g/mol. The van der Waals surface area contributed by atoms with E-state index >= 15 is 0 Å². The zero-order valence-corrected chi connectivity index (χ0v) is 6.99. The average Bonchev–Trinajstić information content (AvgIpc) is 2.03. The van der Waals surface area contributed by atoms with Gasteiger partial charge in [-0.25, -0.2) is 0 Å². The lowest BCUT2D eigenvalue weighted by Gasteiger charge is -2.07. The maximum absolute atomic E-state index is 8.85. The van der Waals surface area contributed by atoms with Gasteiger partial charge in [0.15, 0.2) is 0 Å². The Balaban J connectivity index is 3.18. The predicted octanol–water partition coefficient (Wildman–Crippen LogP) is -0.488. The molecule has 5 heteroatoms. The van der Waals surface area contributed by atoms with Crippen LogP contribution in [-0.2, 0) is 6.61 Å². The first-order valence-electron chi connectivity index (χ1n) is 3.41. The highest BCUT2D eigenvalue weighted by Crippen LogP contribution is 2.12. The van der Waals surface area contributed by atoms with Crippen molar-refractivity contribution in [2.45, 2.75) is 6.61 Å². The molecule has 0 bridgehead atoms. The molecular formula is C7H8BClO3. The van der Waals surface area contributed by atoms with E-state index < -0.39 is 7.12 Å². The van der Waals surface area contributed by atoms with Gasteiger partial charge in [-0.3, -0.25) is 0 Å². The van der Waals surface area contributed by atoms with Crippen LogP contribution in [0.1, 0.15) is 5.56 Å². The van der Waals surface area contributed by atoms with Crippen molar-refractivity contribution in [3.8, 4) is 0 Å². The zero-order valence-electron chi connectivity index (χ0n) is 6.24. The standard InChI is InChI=1S/C7H8BClO3/c9-7-3-1-2-6(8(11)12)5(7)4-10/h1-3,10-12H,4H2. The Morgan fingerprint density at radius 2 is 2.00 bits per heavy atom. The van der Waals surface area contributed by atoms with E-state index in [1.807, 2.05) is 0 Å². The van der Waals surface area contributed by atoms with Gasteiger partial charge in [-0.05, 0) is 17.1 Å². The van der Waals surface area contributed by atoms with Crippen LogP contribution in [0, 0.1) is 0 Å². The van der Waals surface area contributed by atoms with Gasteiger partial charge in [0.2, 0.25) is 0 Å². The van der Waals surface area contributed by atoms with Gasteiger partial charge < -0.3 is 15.2 Å². The molecule has 0 amide bonds. The fraction of sp³-hybridized carbons (Fsp3) is 0.143. The summed E-state index contributed by atoms with van der Waals surface area (Å²) in [5.41, 5.74) is 0.596. The van der Waals surface area contributed by atoms with Gasteiger partial charge in [0.1, 0.15) is 0 Å². The molecule has 3 N–H and O–H groups in total. The molecule has 0 heterocycles. The third kappa shape index (κ3) is 1.79. The second-order valence-corrected chi connectivity index (χ2v) is 2.75. The van der Waals surface area contributed by atoms with Crippen LogP contribution in [-0.4, -0.2) is 22.3 Å². The fourth-order valence-corrected chi connectivity index (χ4v) is 1.23. The summed E-state index contributed by atoms with van der Waals surface area (Å²) in [6.07, 6.45) is 0. The van der Waals surface area contributed by atoms with E-state index in [0.29, 0.717) is 10.6 Å². The molecule has 1 aromatic rings. The van der Waals surface area contributed by atoms with E-state index in [1.54, 1.807) is 12.1 Å². The molecule has 0 aromatic heterocycles. The Bertz CT molecular complexity index is 277. The van der Waals surface area contributed by atoms with Crippen LogP contribution in [0.15, 0.2) is 18.2 Å². The molecule has 0 spiro atoms. The van der Waals surface area contributed by atoms with E-state index in [9.17, 15) is 0 Å². The minimum atomic E-state index is -1.59. The van der Waals surface area contributed by atoms with Gasteiger partial charge in [0.05, 0.1) is 6.61 Å². The van der Waals surface area contributed by atoms with Crippen molar-refractivity contribution in [1.29, 1.82) is 0 Å².